The van der Waals surface area contributed by atoms with Crippen LogP contribution in [-0.4, -0.2) is 45.0 Å². The fourth-order valence-corrected chi connectivity index (χ4v) is 2.08. The zero-order valence-electron chi connectivity index (χ0n) is 12.6. The summed E-state index contributed by atoms with van der Waals surface area (Å²) in [6.45, 7) is 2.23. The largest absolute Gasteiger partial charge is 0.497 e. The van der Waals surface area contributed by atoms with Crippen molar-refractivity contribution in [2.24, 2.45) is 16.8 Å². The second-order valence-electron chi connectivity index (χ2n) is 5.31. The van der Waals surface area contributed by atoms with Crippen LogP contribution < -0.4 is 15.4 Å². The predicted molar refractivity (Wildman–Crippen MR) is 82.3 cm³/mol. The van der Waals surface area contributed by atoms with Crippen LogP contribution in [0.2, 0.25) is 0 Å². The molecule has 6 nitrogen and oxygen atoms in total. The van der Waals surface area contributed by atoms with E-state index in [0.29, 0.717) is 12.2 Å². The van der Waals surface area contributed by atoms with E-state index in [1.807, 2.05) is 18.0 Å². The maximum Gasteiger partial charge on any atom is 0.172 e. The summed E-state index contributed by atoms with van der Waals surface area (Å²) >= 11 is 0. The minimum Gasteiger partial charge on any atom is -0.497 e. The van der Waals surface area contributed by atoms with E-state index >= 15 is 0 Å². The van der Waals surface area contributed by atoms with E-state index < -0.39 is 0 Å². The highest BCUT2D eigenvalue weighted by Gasteiger charge is 2.21. The summed E-state index contributed by atoms with van der Waals surface area (Å²) in [5.41, 5.74) is 7.24. The zero-order valence-corrected chi connectivity index (χ0v) is 12.6. The first-order valence-electron chi connectivity index (χ1n) is 7.10. The van der Waals surface area contributed by atoms with E-state index in [1.165, 1.54) is 12.8 Å². The number of oxime groups is 1. The molecule has 1 aliphatic carbocycles. The summed E-state index contributed by atoms with van der Waals surface area (Å²) in [5.74, 6) is 1.57. The molecule has 116 valence electrons. The van der Waals surface area contributed by atoms with E-state index in [0.717, 1.165) is 30.5 Å². The van der Waals surface area contributed by atoms with Gasteiger partial charge in [-0.25, -0.2) is 0 Å². The summed E-state index contributed by atoms with van der Waals surface area (Å²) in [7, 11) is 3.56. The maximum atomic E-state index is 8.89. The lowest BCUT2D eigenvalue weighted by atomic mass is 10.1. The van der Waals surface area contributed by atoms with Gasteiger partial charge in [-0.05, 0) is 30.9 Å². The molecule has 0 spiro atoms. The van der Waals surface area contributed by atoms with E-state index in [1.54, 1.807) is 19.2 Å². The second-order valence-corrected chi connectivity index (χ2v) is 5.31. The van der Waals surface area contributed by atoms with Crippen LogP contribution in [0.3, 0.4) is 0 Å². The van der Waals surface area contributed by atoms with Gasteiger partial charge < -0.3 is 25.3 Å². The highest BCUT2D eigenvalue weighted by molar-refractivity contribution is 6.02. The van der Waals surface area contributed by atoms with Crippen LogP contribution in [0.4, 0.5) is 5.69 Å². The van der Waals surface area contributed by atoms with Crippen molar-refractivity contribution in [3.8, 4) is 5.75 Å². The van der Waals surface area contributed by atoms with E-state index in [2.05, 4.69) is 5.16 Å². The molecule has 2 rings (SSSR count). The molecule has 0 unspecified atom stereocenters. The van der Waals surface area contributed by atoms with Crippen LogP contribution in [0.15, 0.2) is 23.4 Å². The van der Waals surface area contributed by atoms with Gasteiger partial charge in [-0.15, -0.1) is 0 Å². The van der Waals surface area contributed by atoms with Gasteiger partial charge in [0, 0.05) is 31.8 Å². The molecule has 1 aliphatic rings. The van der Waals surface area contributed by atoms with Gasteiger partial charge in [0.1, 0.15) is 5.75 Å². The molecule has 21 heavy (non-hydrogen) atoms. The van der Waals surface area contributed by atoms with Crippen LogP contribution in [0.25, 0.3) is 0 Å². The monoisotopic (exact) mass is 293 g/mol. The molecule has 0 bridgehead atoms. The minimum absolute atomic E-state index is 0.0819. The fourth-order valence-electron chi connectivity index (χ4n) is 2.08. The van der Waals surface area contributed by atoms with E-state index in [4.69, 9.17) is 20.4 Å². The minimum atomic E-state index is 0.0819. The third-order valence-electron chi connectivity index (χ3n) is 3.62. The van der Waals surface area contributed by atoms with Gasteiger partial charge in [-0.3, -0.25) is 0 Å². The Morgan fingerprint density at radius 2 is 2.24 bits per heavy atom. The van der Waals surface area contributed by atoms with Gasteiger partial charge in [0.15, 0.2) is 5.84 Å². The molecule has 1 fully saturated rings. The lowest BCUT2D eigenvalue weighted by Gasteiger charge is -2.22. The Labute approximate surface area is 125 Å². The summed E-state index contributed by atoms with van der Waals surface area (Å²) in [5, 5.41) is 12.0. The van der Waals surface area contributed by atoms with Crippen LogP contribution in [-0.2, 0) is 4.74 Å². The number of nitrogens with zero attached hydrogens (tertiary/aromatic N) is 2. The Morgan fingerprint density at radius 1 is 1.48 bits per heavy atom. The average Bonchev–Trinajstić information content (AvgIpc) is 3.34. The van der Waals surface area contributed by atoms with Crippen molar-refractivity contribution in [3.63, 3.8) is 0 Å². The molecule has 0 saturated heterocycles. The Morgan fingerprint density at radius 3 is 2.86 bits per heavy atom. The highest BCUT2D eigenvalue weighted by Crippen LogP contribution is 2.29. The molecule has 6 heteroatoms. The number of amidine groups is 1. The van der Waals surface area contributed by atoms with Gasteiger partial charge in [0.2, 0.25) is 0 Å². The quantitative estimate of drug-likeness (QED) is 0.250. The van der Waals surface area contributed by atoms with Crippen molar-refractivity contribution in [1.29, 1.82) is 0 Å². The molecule has 0 radical (unpaired) electrons. The summed E-state index contributed by atoms with van der Waals surface area (Å²) in [6, 6.07) is 5.44. The third kappa shape index (κ3) is 4.26. The molecule has 0 atom stereocenters. The predicted octanol–water partition coefficient (Wildman–Crippen LogP) is 1.65. The Hall–Kier alpha value is -1.95. The van der Waals surface area contributed by atoms with Crippen molar-refractivity contribution >= 4 is 11.5 Å². The Kier molecular flexibility index (Phi) is 5.27. The molecular weight excluding hydrogens is 270 g/mol. The number of likely N-dealkylation sites (N-methyl/N-ethyl adjacent to an activating group) is 1. The van der Waals surface area contributed by atoms with Crippen molar-refractivity contribution in [1.82, 2.24) is 0 Å². The Bertz CT molecular complexity index is 501. The molecule has 0 amide bonds. The smallest absolute Gasteiger partial charge is 0.172 e. The van der Waals surface area contributed by atoms with Crippen molar-refractivity contribution in [2.45, 2.75) is 12.8 Å². The molecule has 0 aromatic heterocycles. The molecule has 1 aromatic rings. The third-order valence-corrected chi connectivity index (χ3v) is 3.62. The second kappa shape index (κ2) is 7.17. The van der Waals surface area contributed by atoms with Gasteiger partial charge in [0.05, 0.1) is 19.4 Å². The number of hydrogen-bond acceptors (Lipinski definition) is 5. The molecule has 0 heterocycles. The van der Waals surface area contributed by atoms with Crippen molar-refractivity contribution in [3.05, 3.63) is 23.8 Å². The van der Waals surface area contributed by atoms with Crippen LogP contribution in [0, 0.1) is 5.92 Å². The van der Waals surface area contributed by atoms with E-state index in [9.17, 15) is 0 Å². The first kappa shape index (κ1) is 15.4. The molecule has 1 saturated carbocycles. The first-order valence-corrected chi connectivity index (χ1v) is 7.10. The fraction of sp³-hybridized carbons (Fsp3) is 0.533. The summed E-state index contributed by atoms with van der Waals surface area (Å²) in [6.07, 6.45) is 2.58. The van der Waals surface area contributed by atoms with Gasteiger partial charge >= 0.3 is 0 Å². The number of methoxy groups -OCH3 is 1. The topological polar surface area (TPSA) is 80.3 Å². The number of ether oxygens (including phenoxy) is 2. The summed E-state index contributed by atoms with van der Waals surface area (Å²) < 4.78 is 10.9. The first-order chi connectivity index (χ1) is 10.2. The van der Waals surface area contributed by atoms with Gasteiger partial charge in [-0.2, -0.15) is 0 Å². The van der Waals surface area contributed by atoms with Crippen LogP contribution in [0.5, 0.6) is 5.75 Å². The maximum absolute atomic E-state index is 8.89. The van der Waals surface area contributed by atoms with Crippen molar-refractivity contribution in [2.75, 3.05) is 38.8 Å². The summed E-state index contributed by atoms with van der Waals surface area (Å²) in [4.78, 5) is 2.02. The SMILES string of the molecule is COc1ccc(/C(N)=N/O)c(N(C)CCOCC2CC2)c1. The number of benzene rings is 1. The molecule has 1 aromatic carbocycles. The standard InChI is InChI=1S/C15H23N3O3/c1-18(7-8-21-10-11-3-4-11)14-9-12(20-2)5-6-13(14)15(16)17-19/h5-6,9,11,19H,3-4,7-8,10H2,1-2H3,(H2,16,17). The molecular formula is C15H23N3O3. The molecule has 0 aliphatic heterocycles. The van der Waals surface area contributed by atoms with Crippen molar-refractivity contribution < 1.29 is 14.7 Å². The Balaban J connectivity index is 2.03. The zero-order chi connectivity index (χ0) is 15.2. The van der Waals surface area contributed by atoms with Crippen LogP contribution in [0.1, 0.15) is 18.4 Å². The number of anilines is 1. The lowest BCUT2D eigenvalue weighted by molar-refractivity contribution is 0.131. The highest BCUT2D eigenvalue weighted by atomic mass is 16.5. The normalized spacial score (nSPS) is 15.0. The lowest BCUT2D eigenvalue weighted by Crippen LogP contribution is -2.26. The average molecular weight is 293 g/mol. The molecule has 3 N–H and O–H groups in total. The van der Waals surface area contributed by atoms with Gasteiger partial charge in [-0.1, -0.05) is 5.16 Å². The number of nitrogens with two attached hydrogens (primary N) is 1. The van der Waals surface area contributed by atoms with E-state index in [-0.39, 0.29) is 5.84 Å². The van der Waals surface area contributed by atoms with Crippen LogP contribution >= 0.6 is 0 Å². The number of hydrogen-bond donors (Lipinski definition) is 2. The number of rotatable bonds is 8. The van der Waals surface area contributed by atoms with Gasteiger partial charge in [0.25, 0.3) is 0 Å².